The predicted octanol–water partition coefficient (Wildman–Crippen LogP) is 0.989. The van der Waals surface area contributed by atoms with Crippen LogP contribution in [0.2, 0.25) is 0 Å². The third-order valence-corrected chi connectivity index (χ3v) is 8.00. The number of fused-ring (bicyclic) bond motifs is 1. The zero-order valence-corrected chi connectivity index (χ0v) is 16.4. The smallest absolute Gasteiger partial charge is 0.277 e. The van der Waals surface area contributed by atoms with Crippen molar-refractivity contribution in [3.8, 4) is 0 Å². The number of nitrogens with zero attached hydrogens (tertiary/aromatic N) is 4. The minimum Gasteiger partial charge on any atom is -0.317 e. The van der Waals surface area contributed by atoms with E-state index in [2.05, 4.69) is 11.6 Å². The van der Waals surface area contributed by atoms with Crippen LogP contribution in [0, 0.1) is 5.92 Å². The molecule has 0 saturated carbocycles. The summed E-state index contributed by atoms with van der Waals surface area (Å²) in [7, 11) is -4.09. The van der Waals surface area contributed by atoms with E-state index in [1.807, 2.05) is 18.2 Å². The van der Waals surface area contributed by atoms with Gasteiger partial charge >= 0.3 is 0 Å². The van der Waals surface area contributed by atoms with Gasteiger partial charge in [0.25, 0.3) is 10.0 Å². The molecule has 0 unspecified atom stereocenters. The molecule has 3 rings (SSSR count). The number of aromatic nitrogens is 2. The quantitative estimate of drug-likeness (QED) is 0.723. The van der Waals surface area contributed by atoms with Gasteiger partial charge in [0, 0.05) is 39.1 Å². The summed E-state index contributed by atoms with van der Waals surface area (Å²) >= 11 is 0. The van der Waals surface area contributed by atoms with E-state index >= 15 is 0 Å². The van der Waals surface area contributed by atoms with E-state index in [1.165, 1.54) is 15.7 Å². The zero-order valence-electron chi connectivity index (χ0n) is 14.7. The van der Waals surface area contributed by atoms with Crippen molar-refractivity contribution in [3.05, 3.63) is 36.3 Å². The lowest BCUT2D eigenvalue weighted by atomic mass is 10.1. The lowest BCUT2D eigenvalue weighted by Gasteiger charge is -2.19. The molecule has 0 radical (unpaired) electrons. The van der Waals surface area contributed by atoms with Crippen LogP contribution < -0.4 is 0 Å². The predicted molar refractivity (Wildman–Crippen MR) is 99.3 cm³/mol. The first kappa shape index (κ1) is 19.0. The van der Waals surface area contributed by atoms with E-state index in [4.69, 9.17) is 0 Å². The number of para-hydroxylation sites is 2. The molecule has 0 N–H and O–H groups in total. The van der Waals surface area contributed by atoms with Gasteiger partial charge in [0.1, 0.15) is 0 Å². The van der Waals surface area contributed by atoms with Gasteiger partial charge in [-0.05, 0) is 24.5 Å². The highest BCUT2D eigenvalue weighted by atomic mass is 32.2. The second kappa shape index (κ2) is 6.76. The fourth-order valence-corrected chi connectivity index (χ4v) is 5.54. The zero-order chi connectivity index (χ0) is 19.1. The number of aryl methyl sites for hydroxylation is 1. The molecule has 1 saturated heterocycles. The fraction of sp³-hybridized carbons (Fsp3) is 0.438. The maximum absolute atomic E-state index is 13.0. The first-order chi connectivity index (χ1) is 12.2. The van der Waals surface area contributed by atoms with Crippen LogP contribution >= 0.6 is 0 Å². The third kappa shape index (κ3) is 3.29. The summed E-state index contributed by atoms with van der Waals surface area (Å²) in [5.74, 6) is -0.0702. The third-order valence-electron chi connectivity index (χ3n) is 4.73. The Morgan fingerprint density at radius 2 is 2.00 bits per heavy atom. The molecule has 2 aromatic rings. The largest absolute Gasteiger partial charge is 0.317 e. The van der Waals surface area contributed by atoms with Crippen molar-refractivity contribution in [1.29, 1.82) is 0 Å². The minimum atomic E-state index is -3.74. The number of imidazole rings is 1. The fourth-order valence-electron chi connectivity index (χ4n) is 3.23. The van der Waals surface area contributed by atoms with E-state index in [0.717, 1.165) is 10.9 Å². The Balaban J connectivity index is 1.81. The molecule has 1 aliphatic rings. The molecule has 1 aromatic heterocycles. The average molecular weight is 399 g/mol. The van der Waals surface area contributed by atoms with Crippen molar-refractivity contribution in [3.63, 3.8) is 0 Å². The van der Waals surface area contributed by atoms with Crippen LogP contribution in [-0.4, -0.2) is 61.7 Å². The SMILES string of the molecule is C=CS(=O)(=O)N(C)C[C@H]1CCN(S(=O)(=O)c2nc3ccccc3n2C)C1. The van der Waals surface area contributed by atoms with Crippen molar-refractivity contribution in [2.45, 2.75) is 11.6 Å². The highest BCUT2D eigenvalue weighted by Crippen LogP contribution is 2.26. The Kier molecular flexibility index (Phi) is 4.95. The number of rotatable bonds is 6. The standard InChI is InChI=1S/C16H22N4O4S2/c1-4-25(21,22)18(2)11-13-9-10-20(12-13)26(23,24)16-17-14-7-5-6-8-15(14)19(16)3/h4-8,13H,1,9-12H2,2-3H3/t13-/m1/s1. The maximum atomic E-state index is 13.0. The maximum Gasteiger partial charge on any atom is 0.277 e. The van der Waals surface area contributed by atoms with Gasteiger partial charge in [-0.15, -0.1) is 0 Å². The van der Waals surface area contributed by atoms with Crippen LogP contribution in [0.4, 0.5) is 0 Å². The van der Waals surface area contributed by atoms with E-state index < -0.39 is 20.0 Å². The molecule has 0 bridgehead atoms. The molecule has 0 spiro atoms. The summed E-state index contributed by atoms with van der Waals surface area (Å²) < 4.78 is 53.8. The van der Waals surface area contributed by atoms with E-state index in [-0.39, 0.29) is 24.2 Å². The number of sulfonamides is 2. The van der Waals surface area contributed by atoms with Crippen LogP contribution in [0.15, 0.2) is 41.4 Å². The Morgan fingerprint density at radius 3 is 2.65 bits per heavy atom. The Labute approximate surface area is 153 Å². The molecule has 0 aliphatic carbocycles. The first-order valence-corrected chi connectivity index (χ1v) is 11.1. The topological polar surface area (TPSA) is 92.6 Å². The summed E-state index contributed by atoms with van der Waals surface area (Å²) in [6.45, 7) is 4.17. The van der Waals surface area contributed by atoms with Gasteiger partial charge in [-0.1, -0.05) is 18.7 Å². The molecule has 142 valence electrons. The average Bonchev–Trinajstić information content (AvgIpc) is 3.21. The normalized spacial score (nSPS) is 19.4. The summed E-state index contributed by atoms with van der Waals surface area (Å²) in [4.78, 5) is 4.28. The molecular weight excluding hydrogens is 376 g/mol. The van der Waals surface area contributed by atoms with Crippen molar-refractivity contribution < 1.29 is 16.8 Å². The van der Waals surface area contributed by atoms with E-state index in [0.29, 0.717) is 18.5 Å². The molecule has 0 amide bonds. The van der Waals surface area contributed by atoms with Gasteiger partial charge in [0.05, 0.1) is 11.0 Å². The summed E-state index contributed by atoms with van der Waals surface area (Å²) in [5.41, 5.74) is 1.37. The Bertz CT molecular complexity index is 1040. The number of benzene rings is 1. The Hall–Kier alpha value is -1.75. The van der Waals surface area contributed by atoms with Crippen molar-refractivity contribution >= 4 is 31.1 Å². The summed E-state index contributed by atoms with van der Waals surface area (Å²) in [5, 5.41) is 0.905. The minimum absolute atomic E-state index is 0.00594. The molecule has 1 fully saturated rings. The van der Waals surface area contributed by atoms with Gasteiger partial charge in [-0.25, -0.2) is 26.1 Å². The van der Waals surface area contributed by atoms with Gasteiger partial charge in [0.15, 0.2) is 0 Å². The molecule has 1 aliphatic heterocycles. The highest BCUT2D eigenvalue weighted by Gasteiger charge is 2.36. The van der Waals surface area contributed by atoms with Crippen molar-refractivity contribution in [2.24, 2.45) is 13.0 Å². The molecule has 10 heteroatoms. The molecule has 1 atom stereocenters. The number of hydrogen-bond donors (Lipinski definition) is 0. The molecule has 1 aromatic carbocycles. The van der Waals surface area contributed by atoms with Crippen LogP contribution in [0.25, 0.3) is 11.0 Å². The van der Waals surface area contributed by atoms with Crippen LogP contribution in [0.1, 0.15) is 6.42 Å². The monoisotopic (exact) mass is 398 g/mol. The Morgan fingerprint density at radius 1 is 1.31 bits per heavy atom. The molecule has 8 nitrogen and oxygen atoms in total. The molecule has 2 heterocycles. The van der Waals surface area contributed by atoms with Crippen LogP contribution in [-0.2, 0) is 27.1 Å². The van der Waals surface area contributed by atoms with Crippen LogP contribution in [0.3, 0.4) is 0 Å². The summed E-state index contributed by atoms with van der Waals surface area (Å²) in [6, 6.07) is 7.25. The van der Waals surface area contributed by atoms with Gasteiger partial charge in [-0.2, -0.15) is 4.31 Å². The molecular formula is C16H22N4O4S2. The van der Waals surface area contributed by atoms with Crippen molar-refractivity contribution in [1.82, 2.24) is 18.2 Å². The first-order valence-electron chi connectivity index (χ1n) is 8.17. The van der Waals surface area contributed by atoms with E-state index in [9.17, 15) is 16.8 Å². The van der Waals surface area contributed by atoms with Gasteiger partial charge in [0.2, 0.25) is 15.2 Å². The highest BCUT2D eigenvalue weighted by molar-refractivity contribution is 7.92. The van der Waals surface area contributed by atoms with Crippen LogP contribution in [0.5, 0.6) is 0 Å². The second-order valence-corrected chi connectivity index (χ2v) is 10.3. The van der Waals surface area contributed by atoms with Gasteiger partial charge < -0.3 is 4.57 Å². The second-order valence-electron chi connectivity index (χ2n) is 6.45. The summed E-state index contributed by atoms with van der Waals surface area (Å²) in [6.07, 6.45) is 0.597. The lowest BCUT2D eigenvalue weighted by molar-refractivity contribution is 0.386. The van der Waals surface area contributed by atoms with Gasteiger partial charge in [-0.3, -0.25) is 0 Å². The number of hydrogen-bond acceptors (Lipinski definition) is 5. The van der Waals surface area contributed by atoms with E-state index in [1.54, 1.807) is 17.7 Å². The van der Waals surface area contributed by atoms with Crippen molar-refractivity contribution in [2.75, 3.05) is 26.7 Å². The lowest BCUT2D eigenvalue weighted by Crippen LogP contribution is -2.34. The molecule has 26 heavy (non-hydrogen) atoms.